The Morgan fingerprint density at radius 2 is 1.72 bits per heavy atom. The smallest absolute Gasteiger partial charge is 0.246 e. The summed E-state index contributed by atoms with van der Waals surface area (Å²) in [7, 11) is 0. The van der Waals surface area contributed by atoms with Crippen molar-refractivity contribution < 1.29 is 14.4 Å². The number of piperazine rings is 1. The van der Waals surface area contributed by atoms with E-state index in [-0.39, 0.29) is 23.8 Å². The van der Waals surface area contributed by atoms with Crippen LogP contribution in [0.15, 0.2) is 36.9 Å². The van der Waals surface area contributed by atoms with E-state index in [1.54, 1.807) is 4.90 Å². The van der Waals surface area contributed by atoms with Crippen molar-refractivity contribution >= 4 is 17.7 Å². The first-order chi connectivity index (χ1) is 13.6. The Morgan fingerprint density at radius 3 is 2.31 bits per heavy atom. The predicted octanol–water partition coefficient (Wildman–Crippen LogP) is 2.23. The Kier molecular flexibility index (Phi) is 5.82. The first kappa shape index (κ1) is 21.1. The minimum Gasteiger partial charge on any atom is -0.338 e. The van der Waals surface area contributed by atoms with Crippen molar-refractivity contribution in [1.29, 1.82) is 0 Å². The van der Waals surface area contributed by atoms with Crippen molar-refractivity contribution in [2.24, 2.45) is 5.41 Å². The number of amides is 3. The van der Waals surface area contributed by atoms with Gasteiger partial charge in [-0.05, 0) is 24.1 Å². The van der Waals surface area contributed by atoms with Gasteiger partial charge in [-0.2, -0.15) is 0 Å². The molecule has 2 aliphatic rings. The normalized spacial score (nSPS) is 22.1. The second kappa shape index (κ2) is 8.01. The Balaban J connectivity index is 1.79. The molecular formula is C23H31N3O3. The third-order valence-electron chi connectivity index (χ3n) is 5.83. The van der Waals surface area contributed by atoms with Crippen LogP contribution in [0.2, 0.25) is 0 Å². The van der Waals surface area contributed by atoms with Crippen LogP contribution < -0.4 is 0 Å². The number of hydrogen-bond acceptors (Lipinski definition) is 3. The summed E-state index contributed by atoms with van der Waals surface area (Å²) in [6.45, 7) is 13.2. The lowest BCUT2D eigenvalue weighted by molar-refractivity contribution is -0.152. The summed E-state index contributed by atoms with van der Waals surface area (Å²) in [6, 6.07) is 7.30. The van der Waals surface area contributed by atoms with Gasteiger partial charge in [0.2, 0.25) is 17.7 Å². The Bertz CT molecular complexity index is 827. The lowest BCUT2D eigenvalue weighted by Crippen LogP contribution is -2.61. The van der Waals surface area contributed by atoms with Crippen molar-refractivity contribution in [3.63, 3.8) is 0 Å². The number of rotatable bonds is 2. The number of benzene rings is 1. The quantitative estimate of drug-likeness (QED) is 0.719. The molecular weight excluding hydrogens is 366 g/mol. The highest BCUT2D eigenvalue weighted by Crippen LogP contribution is 2.27. The molecule has 2 heterocycles. The summed E-state index contributed by atoms with van der Waals surface area (Å²) in [5.74, 6) is -0.177. The second-order valence-electron chi connectivity index (χ2n) is 9.04. The summed E-state index contributed by atoms with van der Waals surface area (Å²) >= 11 is 0. The molecule has 0 spiro atoms. The van der Waals surface area contributed by atoms with E-state index in [0.29, 0.717) is 32.6 Å². The van der Waals surface area contributed by atoms with Gasteiger partial charge in [-0.1, -0.05) is 51.6 Å². The summed E-state index contributed by atoms with van der Waals surface area (Å²) < 4.78 is 0. The predicted molar refractivity (Wildman–Crippen MR) is 112 cm³/mol. The minimum atomic E-state index is -0.539. The molecule has 0 N–H and O–H groups in total. The fourth-order valence-corrected chi connectivity index (χ4v) is 4.23. The molecule has 0 saturated carbocycles. The highest BCUT2D eigenvalue weighted by molar-refractivity contribution is 5.93. The van der Waals surface area contributed by atoms with Gasteiger partial charge in [-0.3, -0.25) is 14.4 Å². The second-order valence-corrected chi connectivity index (χ2v) is 9.04. The summed E-state index contributed by atoms with van der Waals surface area (Å²) in [4.78, 5) is 43.9. The van der Waals surface area contributed by atoms with Crippen molar-refractivity contribution in [2.75, 3.05) is 19.6 Å². The maximum atomic E-state index is 13.5. The maximum Gasteiger partial charge on any atom is 0.246 e. The monoisotopic (exact) mass is 397 g/mol. The molecule has 0 radical (unpaired) electrons. The molecule has 3 rings (SSSR count). The number of carbonyl (C=O) groups is 3. The largest absolute Gasteiger partial charge is 0.338 e. The summed E-state index contributed by atoms with van der Waals surface area (Å²) in [5, 5.41) is 0. The van der Waals surface area contributed by atoms with Gasteiger partial charge >= 0.3 is 0 Å². The van der Waals surface area contributed by atoms with Crippen LogP contribution in [-0.2, 0) is 27.3 Å². The number of carbonyl (C=O) groups excluding carboxylic acids is 3. The average molecular weight is 398 g/mol. The standard InChI is InChI=1S/C23H31N3O3/c1-6-20(27)26-15-18-10-8-7-9-17(18)13-19(26)21(28)25-12-11-24(14-16(25)2)22(29)23(3,4)5/h6-10,16,19H,1,11-15H2,2-5H3/t16-,19+/m1/s1. The van der Waals surface area contributed by atoms with E-state index < -0.39 is 11.5 Å². The molecule has 0 unspecified atom stereocenters. The maximum absolute atomic E-state index is 13.5. The summed E-state index contributed by atoms with van der Waals surface area (Å²) in [5.41, 5.74) is 1.74. The van der Waals surface area contributed by atoms with Crippen LogP contribution in [0.5, 0.6) is 0 Å². The minimum absolute atomic E-state index is 0.0509. The van der Waals surface area contributed by atoms with E-state index in [4.69, 9.17) is 0 Å². The van der Waals surface area contributed by atoms with Gasteiger partial charge in [0.15, 0.2) is 0 Å². The molecule has 6 heteroatoms. The zero-order valence-corrected chi connectivity index (χ0v) is 17.9. The van der Waals surface area contributed by atoms with E-state index in [2.05, 4.69) is 6.58 Å². The molecule has 0 aliphatic carbocycles. The first-order valence-corrected chi connectivity index (χ1v) is 10.2. The lowest BCUT2D eigenvalue weighted by Gasteiger charge is -2.45. The van der Waals surface area contributed by atoms with Crippen molar-refractivity contribution in [1.82, 2.24) is 14.7 Å². The molecule has 2 aliphatic heterocycles. The fourth-order valence-electron chi connectivity index (χ4n) is 4.23. The molecule has 29 heavy (non-hydrogen) atoms. The van der Waals surface area contributed by atoms with Gasteiger partial charge in [-0.15, -0.1) is 0 Å². The lowest BCUT2D eigenvalue weighted by atomic mass is 9.92. The van der Waals surface area contributed by atoms with Gasteiger partial charge < -0.3 is 14.7 Å². The van der Waals surface area contributed by atoms with Crippen LogP contribution in [0.4, 0.5) is 0 Å². The number of nitrogens with zero attached hydrogens (tertiary/aromatic N) is 3. The van der Waals surface area contributed by atoms with E-state index in [1.165, 1.54) is 6.08 Å². The van der Waals surface area contributed by atoms with Crippen molar-refractivity contribution in [3.8, 4) is 0 Å². The molecule has 2 atom stereocenters. The molecule has 1 aromatic carbocycles. The van der Waals surface area contributed by atoms with Gasteiger partial charge in [0.05, 0.1) is 0 Å². The molecule has 0 aromatic heterocycles. The molecule has 6 nitrogen and oxygen atoms in total. The van der Waals surface area contributed by atoms with Gasteiger partial charge in [0.1, 0.15) is 6.04 Å². The molecule has 3 amide bonds. The van der Waals surface area contributed by atoms with Crippen molar-refractivity contribution in [2.45, 2.75) is 52.7 Å². The third-order valence-corrected chi connectivity index (χ3v) is 5.83. The first-order valence-electron chi connectivity index (χ1n) is 10.2. The molecule has 1 aromatic rings. The zero-order valence-electron chi connectivity index (χ0n) is 17.9. The van der Waals surface area contributed by atoms with Crippen LogP contribution in [0.25, 0.3) is 0 Å². The fraction of sp³-hybridized carbons (Fsp3) is 0.522. The third kappa shape index (κ3) is 4.21. The Hall–Kier alpha value is -2.63. The number of fused-ring (bicyclic) bond motifs is 1. The SMILES string of the molecule is C=CC(=O)N1Cc2ccccc2C[C@H]1C(=O)N1CCN(C(=O)C(C)(C)C)C[C@H]1C. The molecule has 1 saturated heterocycles. The molecule has 156 valence electrons. The number of hydrogen-bond donors (Lipinski definition) is 0. The van der Waals surface area contributed by atoms with Crippen LogP contribution in [0, 0.1) is 5.41 Å². The highest BCUT2D eigenvalue weighted by Gasteiger charge is 2.40. The van der Waals surface area contributed by atoms with Gasteiger partial charge in [0, 0.05) is 44.1 Å². The Morgan fingerprint density at radius 1 is 1.07 bits per heavy atom. The van der Waals surface area contributed by atoms with Crippen LogP contribution in [-0.4, -0.2) is 64.1 Å². The van der Waals surface area contributed by atoms with Crippen LogP contribution in [0.3, 0.4) is 0 Å². The zero-order chi connectivity index (χ0) is 21.3. The van der Waals surface area contributed by atoms with Gasteiger partial charge in [-0.25, -0.2) is 0 Å². The highest BCUT2D eigenvalue weighted by atomic mass is 16.2. The molecule has 1 fully saturated rings. The van der Waals surface area contributed by atoms with Crippen molar-refractivity contribution in [3.05, 3.63) is 48.0 Å². The van der Waals surface area contributed by atoms with Crippen LogP contribution in [0.1, 0.15) is 38.8 Å². The van der Waals surface area contributed by atoms with E-state index in [0.717, 1.165) is 11.1 Å². The van der Waals surface area contributed by atoms with Crippen LogP contribution >= 0.6 is 0 Å². The van der Waals surface area contributed by atoms with E-state index in [1.807, 2.05) is 61.8 Å². The molecule has 0 bridgehead atoms. The average Bonchev–Trinajstić information content (AvgIpc) is 2.70. The van der Waals surface area contributed by atoms with E-state index in [9.17, 15) is 14.4 Å². The Labute approximate surface area is 173 Å². The summed E-state index contributed by atoms with van der Waals surface area (Å²) in [6.07, 6.45) is 1.78. The van der Waals surface area contributed by atoms with Gasteiger partial charge in [0.25, 0.3) is 0 Å². The topological polar surface area (TPSA) is 60.9 Å². The van der Waals surface area contributed by atoms with E-state index >= 15 is 0 Å².